The Morgan fingerprint density at radius 2 is 2.07 bits per heavy atom. The van der Waals surface area contributed by atoms with Crippen molar-refractivity contribution >= 4 is 5.78 Å². The van der Waals surface area contributed by atoms with Crippen LogP contribution in [0, 0.1) is 12.8 Å². The summed E-state index contributed by atoms with van der Waals surface area (Å²) in [6, 6.07) is 1.49. The molecule has 74 valence electrons. The SMILES string of the molecule is Cc1c(O)c(O)cc2c1C(=O)[C@H](C)C2. The highest BCUT2D eigenvalue weighted by molar-refractivity contribution is 6.04. The molecule has 1 aromatic carbocycles. The zero-order chi connectivity index (χ0) is 10.5. The van der Waals surface area contributed by atoms with E-state index in [-0.39, 0.29) is 23.2 Å². The molecule has 0 saturated heterocycles. The third kappa shape index (κ3) is 1.02. The van der Waals surface area contributed by atoms with Crippen LogP contribution in [0.1, 0.15) is 28.4 Å². The number of carbonyl (C=O) groups is 1. The standard InChI is InChI=1S/C11H12O3/c1-5-3-7-4-8(12)11(14)6(2)9(7)10(5)13/h4-5,12,14H,3H2,1-2H3/t5-/m1/s1. The van der Waals surface area contributed by atoms with E-state index < -0.39 is 0 Å². The molecule has 0 bridgehead atoms. The lowest BCUT2D eigenvalue weighted by molar-refractivity contribution is 0.0945. The third-order valence-corrected chi connectivity index (χ3v) is 2.82. The Bertz CT molecular complexity index is 421. The molecule has 1 aromatic rings. The zero-order valence-electron chi connectivity index (χ0n) is 8.16. The maximum atomic E-state index is 11.7. The van der Waals surface area contributed by atoms with Crippen LogP contribution in [0.5, 0.6) is 11.5 Å². The van der Waals surface area contributed by atoms with Gasteiger partial charge in [0.1, 0.15) is 0 Å². The van der Waals surface area contributed by atoms with E-state index in [0.29, 0.717) is 17.5 Å². The summed E-state index contributed by atoms with van der Waals surface area (Å²) in [5, 5.41) is 18.8. The minimum atomic E-state index is -0.175. The first-order valence-corrected chi connectivity index (χ1v) is 4.61. The van der Waals surface area contributed by atoms with Gasteiger partial charge in [0.2, 0.25) is 0 Å². The van der Waals surface area contributed by atoms with E-state index in [1.54, 1.807) is 6.92 Å². The maximum Gasteiger partial charge on any atom is 0.166 e. The van der Waals surface area contributed by atoms with Crippen molar-refractivity contribution in [2.45, 2.75) is 20.3 Å². The second-order valence-corrected chi connectivity index (χ2v) is 3.87. The molecule has 2 N–H and O–H groups in total. The summed E-state index contributed by atoms with van der Waals surface area (Å²) in [6.07, 6.45) is 0.656. The van der Waals surface area contributed by atoms with Gasteiger partial charge in [-0.2, -0.15) is 0 Å². The lowest BCUT2D eigenvalue weighted by Crippen LogP contribution is -2.04. The van der Waals surface area contributed by atoms with Gasteiger partial charge in [0.05, 0.1) is 0 Å². The lowest BCUT2D eigenvalue weighted by atomic mass is 10.0. The van der Waals surface area contributed by atoms with Gasteiger partial charge in [-0.15, -0.1) is 0 Å². The Labute approximate surface area is 82.0 Å². The van der Waals surface area contributed by atoms with Crippen LogP contribution >= 0.6 is 0 Å². The maximum absolute atomic E-state index is 11.7. The minimum Gasteiger partial charge on any atom is -0.504 e. The van der Waals surface area contributed by atoms with Crippen molar-refractivity contribution < 1.29 is 15.0 Å². The van der Waals surface area contributed by atoms with Crippen LogP contribution < -0.4 is 0 Å². The van der Waals surface area contributed by atoms with Crippen LogP contribution in [0.15, 0.2) is 6.07 Å². The van der Waals surface area contributed by atoms with Gasteiger partial charge in [-0.1, -0.05) is 6.92 Å². The Balaban J connectivity index is 2.71. The van der Waals surface area contributed by atoms with Gasteiger partial charge in [-0.05, 0) is 25.0 Å². The van der Waals surface area contributed by atoms with Crippen LogP contribution in [0.25, 0.3) is 0 Å². The van der Waals surface area contributed by atoms with Gasteiger partial charge in [0.15, 0.2) is 17.3 Å². The molecule has 0 heterocycles. The van der Waals surface area contributed by atoms with Crippen LogP contribution in [0.2, 0.25) is 0 Å². The molecule has 0 spiro atoms. The van der Waals surface area contributed by atoms with E-state index in [4.69, 9.17) is 0 Å². The van der Waals surface area contributed by atoms with Crippen molar-refractivity contribution in [1.82, 2.24) is 0 Å². The number of benzene rings is 1. The number of aromatic hydroxyl groups is 2. The van der Waals surface area contributed by atoms with E-state index in [2.05, 4.69) is 0 Å². The van der Waals surface area contributed by atoms with Gasteiger partial charge in [-0.3, -0.25) is 4.79 Å². The summed E-state index contributed by atoms with van der Waals surface area (Å²) in [6.45, 7) is 3.51. The third-order valence-electron chi connectivity index (χ3n) is 2.82. The van der Waals surface area contributed by atoms with Crippen LogP contribution in [0.4, 0.5) is 0 Å². The Morgan fingerprint density at radius 1 is 1.43 bits per heavy atom. The highest BCUT2D eigenvalue weighted by Gasteiger charge is 2.30. The van der Waals surface area contributed by atoms with Gasteiger partial charge in [0.25, 0.3) is 0 Å². The first-order valence-electron chi connectivity index (χ1n) is 4.61. The number of ketones is 1. The molecule has 3 heteroatoms. The second kappa shape index (κ2) is 2.74. The lowest BCUT2D eigenvalue weighted by Gasteiger charge is -2.06. The van der Waals surface area contributed by atoms with Crippen molar-refractivity contribution in [3.05, 3.63) is 22.8 Å². The zero-order valence-corrected chi connectivity index (χ0v) is 8.16. The molecule has 0 unspecified atom stereocenters. The quantitative estimate of drug-likeness (QED) is 0.616. The number of rotatable bonds is 0. The Hall–Kier alpha value is -1.51. The molecule has 1 atom stereocenters. The van der Waals surface area contributed by atoms with Gasteiger partial charge >= 0.3 is 0 Å². The van der Waals surface area contributed by atoms with E-state index in [1.807, 2.05) is 6.92 Å². The average molecular weight is 192 g/mol. The molecule has 0 amide bonds. The molecule has 1 aliphatic carbocycles. The van der Waals surface area contributed by atoms with Crippen LogP contribution in [-0.2, 0) is 6.42 Å². The summed E-state index contributed by atoms with van der Waals surface area (Å²) in [5.74, 6) is -0.285. The Kier molecular flexibility index (Phi) is 1.77. The molecule has 1 aliphatic rings. The van der Waals surface area contributed by atoms with Crippen LogP contribution in [0.3, 0.4) is 0 Å². The smallest absolute Gasteiger partial charge is 0.166 e. The first kappa shape index (κ1) is 9.06. The number of hydrogen-bond donors (Lipinski definition) is 2. The molecule has 3 nitrogen and oxygen atoms in total. The summed E-state index contributed by atoms with van der Waals surface area (Å²) in [7, 11) is 0. The highest BCUT2D eigenvalue weighted by Crippen LogP contribution is 2.39. The van der Waals surface area contributed by atoms with Crippen molar-refractivity contribution in [1.29, 1.82) is 0 Å². The minimum absolute atomic E-state index is 0.0371. The van der Waals surface area contributed by atoms with Gasteiger partial charge < -0.3 is 10.2 Å². The largest absolute Gasteiger partial charge is 0.504 e. The highest BCUT2D eigenvalue weighted by atomic mass is 16.3. The predicted octanol–water partition coefficient (Wildman–Crippen LogP) is 1.78. The molecule has 14 heavy (non-hydrogen) atoms. The average Bonchev–Trinajstić information content (AvgIpc) is 2.39. The first-order chi connectivity index (χ1) is 6.52. The normalized spacial score (nSPS) is 19.9. The fourth-order valence-electron chi connectivity index (χ4n) is 2.03. The molecule has 0 saturated carbocycles. The number of fused-ring (bicyclic) bond motifs is 1. The summed E-state index contributed by atoms with van der Waals surface area (Å²) >= 11 is 0. The number of phenolic OH excluding ortho intramolecular Hbond substituents is 2. The molecule has 0 aromatic heterocycles. The number of Topliss-reactive ketones (excluding diaryl/α,β-unsaturated/α-hetero) is 1. The molecule has 0 aliphatic heterocycles. The number of carbonyl (C=O) groups excluding carboxylic acids is 1. The summed E-state index contributed by atoms with van der Waals surface area (Å²) in [5.41, 5.74) is 1.93. The predicted molar refractivity (Wildman–Crippen MR) is 51.7 cm³/mol. The van der Waals surface area contributed by atoms with E-state index in [9.17, 15) is 15.0 Å². The second-order valence-electron chi connectivity index (χ2n) is 3.87. The van der Waals surface area contributed by atoms with Gasteiger partial charge in [-0.25, -0.2) is 0 Å². The topological polar surface area (TPSA) is 57.5 Å². The molecule has 0 fully saturated rings. The summed E-state index contributed by atoms with van der Waals surface area (Å²) in [4.78, 5) is 11.7. The van der Waals surface area contributed by atoms with Crippen LogP contribution in [-0.4, -0.2) is 16.0 Å². The number of hydrogen-bond acceptors (Lipinski definition) is 3. The molecule has 2 rings (SSSR count). The summed E-state index contributed by atoms with van der Waals surface area (Å²) < 4.78 is 0. The molecular formula is C11H12O3. The van der Waals surface area contributed by atoms with Crippen molar-refractivity contribution in [2.24, 2.45) is 5.92 Å². The fraction of sp³-hybridized carbons (Fsp3) is 0.364. The van der Waals surface area contributed by atoms with E-state index >= 15 is 0 Å². The van der Waals surface area contributed by atoms with Gasteiger partial charge in [0, 0.05) is 17.0 Å². The van der Waals surface area contributed by atoms with E-state index in [1.165, 1.54) is 6.07 Å². The number of phenols is 2. The monoisotopic (exact) mass is 192 g/mol. The molecular weight excluding hydrogens is 180 g/mol. The fourth-order valence-corrected chi connectivity index (χ4v) is 2.03. The van der Waals surface area contributed by atoms with Crippen molar-refractivity contribution in [2.75, 3.05) is 0 Å². The van der Waals surface area contributed by atoms with Crippen molar-refractivity contribution in [3.8, 4) is 11.5 Å². The van der Waals surface area contributed by atoms with Crippen molar-refractivity contribution in [3.63, 3.8) is 0 Å². The molecule has 0 radical (unpaired) electrons. The Morgan fingerprint density at radius 3 is 2.71 bits per heavy atom. The van der Waals surface area contributed by atoms with E-state index in [0.717, 1.165) is 5.56 Å².